The van der Waals surface area contributed by atoms with Crippen LogP contribution in [0.25, 0.3) is 11.3 Å². The van der Waals surface area contributed by atoms with Crippen molar-refractivity contribution in [2.75, 3.05) is 26.8 Å². The second-order valence-corrected chi connectivity index (χ2v) is 5.42. The third-order valence-electron chi connectivity index (χ3n) is 2.91. The number of nitrogens with one attached hydrogen (secondary N) is 1. The van der Waals surface area contributed by atoms with Crippen molar-refractivity contribution < 1.29 is 9.13 Å². The molecule has 20 heavy (non-hydrogen) atoms. The minimum Gasteiger partial charge on any atom is -0.385 e. The number of ether oxygens (including phenoxy) is 1. The smallest absolute Gasteiger partial charge is 0.123 e. The second kappa shape index (κ2) is 8.09. The third-order valence-corrected chi connectivity index (χ3v) is 3.82. The zero-order chi connectivity index (χ0) is 14.2. The van der Waals surface area contributed by atoms with E-state index in [0.29, 0.717) is 0 Å². The van der Waals surface area contributed by atoms with Crippen LogP contribution in [0.1, 0.15) is 11.4 Å². The number of thiazole rings is 1. The standard InChI is InChI=1S/C15H19FN2OS/c1-19-10-2-8-17-9-7-15-18-14(11-20-15)12-3-5-13(16)6-4-12/h3-6,11,17H,2,7-10H2,1H3. The summed E-state index contributed by atoms with van der Waals surface area (Å²) in [4.78, 5) is 4.58. The second-order valence-electron chi connectivity index (χ2n) is 4.48. The lowest BCUT2D eigenvalue weighted by atomic mass is 10.2. The van der Waals surface area contributed by atoms with Crippen molar-refractivity contribution >= 4 is 11.3 Å². The van der Waals surface area contributed by atoms with Crippen molar-refractivity contribution in [1.82, 2.24) is 10.3 Å². The Labute approximate surface area is 122 Å². The van der Waals surface area contributed by atoms with Gasteiger partial charge in [0, 0.05) is 37.6 Å². The molecule has 1 N–H and O–H groups in total. The molecule has 1 heterocycles. The van der Waals surface area contributed by atoms with E-state index in [1.54, 1.807) is 30.6 Å². The molecule has 0 unspecified atom stereocenters. The molecule has 3 nitrogen and oxygen atoms in total. The van der Waals surface area contributed by atoms with Crippen LogP contribution >= 0.6 is 11.3 Å². The van der Waals surface area contributed by atoms with Crippen molar-refractivity contribution in [3.8, 4) is 11.3 Å². The summed E-state index contributed by atoms with van der Waals surface area (Å²) in [6.45, 7) is 2.67. The maximum Gasteiger partial charge on any atom is 0.123 e. The minimum absolute atomic E-state index is 0.218. The van der Waals surface area contributed by atoms with Crippen LogP contribution in [0.15, 0.2) is 29.6 Å². The van der Waals surface area contributed by atoms with Crippen LogP contribution in [-0.4, -0.2) is 31.8 Å². The zero-order valence-electron chi connectivity index (χ0n) is 11.6. The minimum atomic E-state index is -0.218. The molecule has 0 spiro atoms. The van der Waals surface area contributed by atoms with Gasteiger partial charge in [-0.05, 0) is 37.2 Å². The van der Waals surface area contributed by atoms with Crippen molar-refractivity contribution in [2.45, 2.75) is 12.8 Å². The molecule has 1 aromatic heterocycles. The van der Waals surface area contributed by atoms with E-state index >= 15 is 0 Å². The van der Waals surface area contributed by atoms with Crippen molar-refractivity contribution in [2.24, 2.45) is 0 Å². The monoisotopic (exact) mass is 294 g/mol. The maximum absolute atomic E-state index is 12.9. The van der Waals surface area contributed by atoms with Crippen LogP contribution in [0.4, 0.5) is 4.39 Å². The first-order valence-electron chi connectivity index (χ1n) is 6.69. The average molecular weight is 294 g/mol. The molecule has 0 saturated heterocycles. The molecular weight excluding hydrogens is 275 g/mol. The van der Waals surface area contributed by atoms with E-state index in [1.165, 1.54) is 12.1 Å². The molecular formula is C15H19FN2OS. The summed E-state index contributed by atoms with van der Waals surface area (Å²) >= 11 is 1.65. The van der Waals surface area contributed by atoms with E-state index in [-0.39, 0.29) is 5.82 Å². The Balaban J connectivity index is 1.79. The summed E-state index contributed by atoms with van der Waals surface area (Å²) < 4.78 is 17.9. The van der Waals surface area contributed by atoms with E-state index in [9.17, 15) is 4.39 Å². The van der Waals surface area contributed by atoms with Crippen LogP contribution in [0, 0.1) is 5.82 Å². The van der Waals surface area contributed by atoms with Crippen LogP contribution < -0.4 is 5.32 Å². The molecule has 0 aliphatic heterocycles. The first-order chi connectivity index (χ1) is 9.79. The summed E-state index contributed by atoms with van der Waals surface area (Å²) in [7, 11) is 1.71. The van der Waals surface area contributed by atoms with E-state index in [1.807, 2.05) is 5.38 Å². The van der Waals surface area contributed by atoms with Gasteiger partial charge in [0.05, 0.1) is 10.7 Å². The van der Waals surface area contributed by atoms with Gasteiger partial charge in [-0.25, -0.2) is 9.37 Å². The summed E-state index contributed by atoms with van der Waals surface area (Å²) in [5, 5.41) is 6.48. The number of hydrogen-bond acceptors (Lipinski definition) is 4. The van der Waals surface area contributed by atoms with Gasteiger partial charge in [-0.1, -0.05) is 0 Å². The SMILES string of the molecule is COCCCNCCc1nc(-c2ccc(F)cc2)cs1. The molecule has 0 aliphatic carbocycles. The number of aromatic nitrogens is 1. The largest absolute Gasteiger partial charge is 0.385 e. The Morgan fingerprint density at radius 2 is 2.05 bits per heavy atom. The van der Waals surface area contributed by atoms with Gasteiger partial charge in [-0.15, -0.1) is 11.3 Å². The Bertz CT molecular complexity index is 513. The lowest BCUT2D eigenvalue weighted by Crippen LogP contribution is -2.19. The predicted molar refractivity (Wildman–Crippen MR) is 80.6 cm³/mol. The molecule has 1 aromatic carbocycles. The Kier molecular flexibility index (Phi) is 6.11. The van der Waals surface area contributed by atoms with Crippen LogP contribution in [0.2, 0.25) is 0 Å². The Morgan fingerprint density at radius 1 is 1.25 bits per heavy atom. The van der Waals surface area contributed by atoms with Gasteiger partial charge in [-0.3, -0.25) is 0 Å². The van der Waals surface area contributed by atoms with Gasteiger partial charge in [0.25, 0.3) is 0 Å². The lowest BCUT2D eigenvalue weighted by Gasteiger charge is -2.02. The summed E-state index contributed by atoms with van der Waals surface area (Å²) in [5.41, 5.74) is 1.88. The van der Waals surface area contributed by atoms with Crippen molar-refractivity contribution in [1.29, 1.82) is 0 Å². The maximum atomic E-state index is 12.9. The van der Waals surface area contributed by atoms with Gasteiger partial charge < -0.3 is 10.1 Å². The first kappa shape index (κ1) is 15.1. The molecule has 108 valence electrons. The van der Waals surface area contributed by atoms with Crippen LogP contribution in [0.3, 0.4) is 0 Å². The highest BCUT2D eigenvalue weighted by Crippen LogP contribution is 2.22. The predicted octanol–water partition coefficient (Wildman–Crippen LogP) is 3.12. The fraction of sp³-hybridized carbons (Fsp3) is 0.400. The first-order valence-corrected chi connectivity index (χ1v) is 7.57. The normalized spacial score (nSPS) is 10.9. The Hall–Kier alpha value is -1.30. The quantitative estimate of drug-likeness (QED) is 0.760. The Morgan fingerprint density at radius 3 is 2.80 bits per heavy atom. The van der Waals surface area contributed by atoms with Gasteiger partial charge in [0.2, 0.25) is 0 Å². The topological polar surface area (TPSA) is 34.1 Å². The van der Waals surface area contributed by atoms with Crippen molar-refractivity contribution in [3.63, 3.8) is 0 Å². The lowest BCUT2D eigenvalue weighted by molar-refractivity contribution is 0.194. The van der Waals surface area contributed by atoms with Gasteiger partial charge in [-0.2, -0.15) is 0 Å². The van der Waals surface area contributed by atoms with Crippen molar-refractivity contribution in [3.05, 3.63) is 40.5 Å². The van der Waals surface area contributed by atoms with E-state index in [2.05, 4.69) is 10.3 Å². The summed E-state index contributed by atoms with van der Waals surface area (Å²) in [6, 6.07) is 6.45. The highest BCUT2D eigenvalue weighted by molar-refractivity contribution is 7.09. The molecule has 5 heteroatoms. The molecule has 2 aromatic rings. The molecule has 0 amide bonds. The molecule has 0 aliphatic rings. The number of benzene rings is 1. The van der Waals surface area contributed by atoms with E-state index in [4.69, 9.17) is 4.74 Å². The van der Waals surface area contributed by atoms with Crippen LogP contribution in [-0.2, 0) is 11.2 Å². The van der Waals surface area contributed by atoms with Crippen LogP contribution in [0.5, 0.6) is 0 Å². The summed E-state index contributed by atoms with van der Waals surface area (Å²) in [5.74, 6) is -0.218. The third kappa shape index (κ3) is 4.67. The number of halogens is 1. The molecule has 0 bridgehead atoms. The number of hydrogen-bond donors (Lipinski definition) is 1. The molecule has 2 rings (SSSR count). The fourth-order valence-electron chi connectivity index (χ4n) is 1.84. The summed E-state index contributed by atoms with van der Waals surface area (Å²) in [6.07, 6.45) is 1.94. The molecule has 0 atom stereocenters. The number of rotatable bonds is 8. The van der Waals surface area contributed by atoms with Gasteiger partial charge in [0.15, 0.2) is 0 Å². The number of nitrogens with zero attached hydrogens (tertiary/aromatic N) is 1. The van der Waals surface area contributed by atoms with E-state index < -0.39 is 0 Å². The molecule has 0 saturated carbocycles. The zero-order valence-corrected chi connectivity index (χ0v) is 12.4. The average Bonchev–Trinajstić information content (AvgIpc) is 2.92. The van der Waals surface area contributed by atoms with E-state index in [0.717, 1.165) is 48.8 Å². The fourth-order valence-corrected chi connectivity index (χ4v) is 2.65. The van der Waals surface area contributed by atoms with Gasteiger partial charge in [0.1, 0.15) is 5.82 Å². The molecule has 0 fully saturated rings. The van der Waals surface area contributed by atoms with Gasteiger partial charge >= 0.3 is 0 Å². The highest BCUT2D eigenvalue weighted by Gasteiger charge is 2.04. The number of methoxy groups -OCH3 is 1. The highest BCUT2D eigenvalue weighted by atomic mass is 32.1. The molecule has 0 radical (unpaired) electrons.